The van der Waals surface area contributed by atoms with E-state index in [4.69, 9.17) is 9.47 Å². The summed E-state index contributed by atoms with van der Waals surface area (Å²) in [6.45, 7) is 1.20. The van der Waals surface area contributed by atoms with Gasteiger partial charge in [0.1, 0.15) is 12.0 Å². The number of aryl methyl sites for hydroxylation is 1. The van der Waals surface area contributed by atoms with Crippen LogP contribution in [0.5, 0.6) is 5.75 Å². The zero-order valence-corrected chi connectivity index (χ0v) is 15.0. The summed E-state index contributed by atoms with van der Waals surface area (Å²) in [7, 11) is 0. The molecule has 7 heteroatoms. The molecule has 130 valence electrons. The number of halogens is 1. The molecule has 2 aromatic carbocycles. The number of aldehydes is 1. The van der Waals surface area contributed by atoms with Crippen LogP contribution in [0.2, 0.25) is 0 Å². The van der Waals surface area contributed by atoms with Gasteiger partial charge in [-0.2, -0.15) is 0 Å². The Labute approximate surface area is 153 Å². The number of benzene rings is 2. The molecular formula is C18H16BrNO5. The van der Waals surface area contributed by atoms with Crippen molar-refractivity contribution in [3.8, 4) is 5.75 Å². The van der Waals surface area contributed by atoms with Gasteiger partial charge in [-0.1, -0.05) is 22.0 Å². The molecule has 0 unspecified atom stereocenters. The Balaban J connectivity index is 1.73. The maximum Gasteiger partial charge on any atom is 0.344 e. The first-order chi connectivity index (χ1) is 12.0. The fourth-order valence-electron chi connectivity index (χ4n) is 1.84. The minimum atomic E-state index is -0.667. The zero-order valence-electron chi connectivity index (χ0n) is 13.5. The molecule has 0 radical (unpaired) electrons. The molecule has 6 nitrogen and oxygen atoms in total. The van der Waals surface area contributed by atoms with E-state index in [1.807, 2.05) is 13.0 Å². The molecule has 0 aliphatic rings. The second-order valence-electron chi connectivity index (χ2n) is 5.15. The van der Waals surface area contributed by atoms with Crippen molar-refractivity contribution < 1.29 is 23.9 Å². The van der Waals surface area contributed by atoms with E-state index in [1.54, 1.807) is 36.4 Å². The monoisotopic (exact) mass is 405 g/mol. The van der Waals surface area contributed by atoms with Gasteiger partial charge in [0.15, 0.2) is 13.2 Å². The summed E-state index contributed by atoms with van der Waals surface area (Å²) < 4.78 is 10.9. The van der Waals surface area contributed by atoms with Crippen molar-refractivity contribution in [1.29, 1.82) is 0 Å². The fraction of sp³-hybridized carbons (Fsp3) is 0.167. The van der Waals surface area contributed by atoms with Gasteiger partial charge >= 0.3 is 5.97 Å². The summed E-state index contributed by atoms with van der Waals surface area (Å²) in [6, 6.07) is 11.7. The van der Waals surface area contributed by atoms with Crippen LogP contribution < -0.4 is 10.1 Å². The topological polar surface area (TPSA) is 81.7 Å². The number of rotatable bonds is 7. The Hall–Kier alpha value is -2.67. The molecule has 0 atom stereocenters. The summed E-state index contributed by atoms with van der Waals surface area (Å²) in [6.07, 6.45) is 0.712. The van der Waals surface area contributed by atoms with Crippen LogP contribution in [0.1, 0.15) is 15.9 Å². The van der Waals surface area contributed by atoms with E-state index in [9.17, 15) is 14.4 Å². The number of hydrogen-bond acceptors (Lipinski definition) is 5. The third kappa shape index (κ3) is 6.04. The molecule has 0 fully saturated rings. The van der Waals surface area contributed by atoms with Crippen molar-refractivity contribution in [1.82, 2.24) is 0 Å². The number of esters is 1. The molecule has 0 aliphatic heterocycles. The van der Waals surface area contributed by atoms with Crippen molar-refractivity contribution in [2.24, 2.45) is 0 Å². The molecular weight excluding hydrogens is 390 g/mol. The minimum Gasteiger partial charge on any atom is -0.482 e. The van der Waals surface area contributed by atoms with Crippen molar-refractivity contribution in [2.75, 3.05) is 18.5 Å². The van der Waals surface area contributed by atoms with Crippen molar-refractivity contribution >= 4 is 39.8 Å². The molecule has 0 spiro atoms. The average Bonchev–Trinajstić information content (AvgIpc) is 2.61. The SMILES string of the molecule is Cc1ccc(NC(=O)COC(=O)COc2ccc(C=O)cc2)cc1Br. The molecule has 0 heterocycles. The molecule has 2 aromatic rings. The van der Waals surface area contributed by atoms with E-state index >= 15 is 0 Å². The van der Waals surface area contributed by atoms with E-state index < -0.39 is 18.5 Å². The lowest BCUT2D eigenvalue weighted by Crippen LogP contribution is -2.23. The third-order valence-corrected chi connectivity index (χ3v) is 4.05. The molecule has 1 N–H and O–H groups in total. The number of carbonyl (C=O) groups excluding carboxylic acids is 3. The first-order valence-corrected chi connectivity index (χ1v) is 8.17. The lowest BCUT2D eigenvalue weighted by atomic mass is 10.2. The summed E-state index contributed by atoms with van der Waals surface area (Å²) >= 11 is 3.38. The minimum absolute atomic E-state index is 0.330. The summed E-state index contributed by atoms with van der Waals surface area (Å²) in [5.74, 6) is -0.685. The molecule has 0 aliphatic carbocycles. The van der Waals surface area contributed by atoms with E-state index in [1.165, 1.54) is 0 Å². The Bertz CT molecular complexity index is 774. The van der Waals surface area contributed by atoms with E-state index in [0.717, 1.165) is 10.0 Å². The van der Waals surface area contributed by atoms with Gasteiger partial charge in [0, 0.05) is 15.7 Å². The van der Waals surface area contributed by atoms with Gasteiger partial charge in [-0.25, -0.2) is 4.79 Å². The number of amides is 1. The smallest absolute Gasteiger partial charge is 0.344 e. The van der Waals surface area contributed by atoms with E-state index in [-0.39, 0.29) is 6.61 Å². The van der Waals surface area contributed by atoms with Crippen LogP contribution in [0.25, 0.3) is 0 Å². The second kappa shape index (κ2) is 8.98. The highest BCUT2D eigenvalue weighted by Crippen LogP contribution is 2.20. The number of hydrogen-bond donors (Lipinski definition) is 1. The van der Waals surface area contributed by atoms with Crippen molar-refractivity contribution in [3.05, 3.63) is 58.1 Å². The number of carbonyl (C=O) groups is 3. The average molecular weight is 406 g/mol. The predicted octanol–water partition coefficient (Wildman–Crippen LogP) is 3.13. The zero-order chi connectivity index (χ0) is 18.2. The molecule has 0 saturated heterocycles. The van der Waals surface area contributed by atoms with Gasteiger partial charge in [0.05, 0.1) is 0 Å². The largest absolute Gasteiger partial charge is 0.482 e. The van der Waals surface area contributed by atoms with Gasteiger partial charge in [-0.15, -0.1) is 0 Å². The van der Waals surface area contributed by atoms with Crippen LogP contribution in [0.4, 0.5) is 5.69 Å². The Kier molecular flexibility index (Phi) is 6.71. The Morgan fingerprint density at radius 2 is 1.84 bits per heavy atom. The van der Waals surface area contributed by atoms with Gasteiger partial charge in [0.25, 0.3) is 5.91 Å². The van der Waals surface area contributed by atoms with Crippen molar-refractivity contribution in [2.45, 2.75) is 6.92 Å². The van der Waals surface area contributed by atoms with E-state index in [0.29, 0.717) is 23.3 Å². The normalized spacial score (nSPS) is 10.0. The molecule has 0 saturated carbocycles. The highest BCUT2D eigenvalue weighted by atomic mass is 79.9. The highest BCUT2D eigenvalue weighted by Gasteiger charge is 2.09. The van der Waals surface area contributed by atoms with Gasteiger partial charge in [-0.3, -0.25) is 9.59 Å². The van der Waals surface area contributed by atoms with Gasteiger partial charge < -0.3 is 14.8 Å². The van der Waals surface area contributed by atoms with Crippen LogP contribution in [-0.4, -0.2) is 31.4 Å². The lowest BCUT2D eigenvalue weighted by molar-refractivity contribution is -0.149. The first kappa shape index (κ1) is 18.7. The summed E-state index contributed by atoms with van der Waals surface area (Å²) in [5, 5.41) is 2.63. The maximum absolute atomic E-state index is 11.8. The Morgan fingerprint density at radius 1 is 1.12 bits per heavy atom. The van der Waals surface area contributed by atoms with Gasteiger partial charge in [0.2, 0.25) is 0 Å². The number of nitrogens with one attached hydrogen (secondary N) is 1. The molecule has 0 bridgehead atoms. The first-order valence-electron chi connectivity index (χ1n) is 7.37. The number of ether oxygens (including phenoxy) is 2. The van der Waals surface area contributed by atoms with Crippen LogP contribution in [-0.2, 0) is 14.3 Å². The second-order valence-corrected chi connectivity index (χ2v) is 6.00. The van der Waals surface area contributed by atoms with Crippen LogP contribution in [0.15, 0.2) is 46.9 Å². The highest BCUT2D eigenvalue weighted by molar-refractivity contribution is 9.10. The summed E-state index contributed by atoms with van der Waals surface area (Å²) in [4.78, 5) is 33.9. The quantitative estimate of drug-likeness (QED) is 0.565. The van der Waals surface area contributed by atoms with Crippen LogP contribution in [0, 0.1) is 6.92 Å². The van der Waals surface area contributed by atoms with Crippen molar-refractivity contribution in [3.63, 3.8) is 0 Å². The molecule has 25 heavy (non-hydrogen) atoms. The lowest BCUT2D eigenvalue weighted by Gasteiger charge is -2.09. The van der Waals surface area contributed by atoms with Crippen LogP contribution in [0.3, 0.4) is 0 Å². The predicted molar refractivity (Wildman–Crippen MR) is 95.8 cm³/mol. The molecule has 0 aromatic heterocycles. The van der Waals surface area contributed by atoms with Crippen LogP contribution >= 0.6 is 15.9 Å². The fourth-order valence-corrected chi connectivity index (χ4v) is 2.22. The maximum atomic E-state index is 11.8. The number of anilines is 1. The standard InChI is InChI=1S/C18H16BrNO5/c1-12-2-5-14(8-16(12)19)20-17(22)10-25-18(23)11-24-15-6-3-13(9-21)4-7-15/h2-9H,10-11H2,1H3,(H,20,22). The molecule has 2 rings (SSSR count). The third-order valence-electron chi connectivity index (χ3n) is 3.19. The van der Waals surface area contributed by atoms with E-state index in [2.05, 4.69) is 21.2 Å². The molecule has 1 amide bonds. The Morgan fingerprint density at radius 3 is 2.48 bits per heavy atom. The van der Waals surface area contributed by atoms with Gasteiger partial charge in [-0.05, 0) is 48.9 Å². The summed E-state index contributed by atoms with van der Waals surface area (Å²) in [5.41, 5.74) is 2.15.